The van der Waals surface area contributed by atoms with Crippen LogP contribution in [0.15, 0.2) is 60.7 Å². The van der Waals surface area contributed by atoms with Crippen LogP contribution >= 0.6 is 0 Å². The SMILES string of the molecule is COc1cc(NC(=O)C(C)c2ccc(NC(=O)Nc3cccc([N+](=O)[O-])c3)cc2)c(C(C)=O)cc1OC. The highest BCUT2D eigenvalue weighted by molar-refractivity contribution is 6.06. The molecule has 1 unspecified atom stereocenters. The van der Waals surface area contributed by atoms with Crippen molar-refractivity contribution in [3.05, 3.63) is 81.9 Å². The number of carbonyl (C=O) groups is 3. The molecule has 0 spiro atoms. The highest BCUT2D eigenvalue weighted by atomic mass is 16.6. The fourth-order valence-corrected chi connectivity index (χ4v) is 3.51. The zero-order valence-corrected chi connectivity index (χ0v) is 20.7. The summed E-state index contributed by atoms with van der Waals surface area (Å²) < 4.78 is 10.5. The molecule has 3 aromatic rings. The van der Waals surface area contributed by atoms with Crippen LogP contribution in [-0.2, 0) is 4.79 Å². The molecule has 3 aromatic carbocycles. The number of hydrogen-bond donors (Lipinski definition) is 3. The maximum Gasteiger partial charge on any atom is 0.323 e. The first-order chi connectivity index (χ1) is 17.6. The third kappa shape index (κ3) is 6.60. The van der Waals surface area contributed by atoms with E-state index in [1.807, 2.05) is 0 Å². The molecule has 0 radical (unpaired) electrons. The Bertz CT molecular complexity index is 1340. The van der Waals surface area contributed by atoms with Crippen LogP contribution < -0.4 is 25.4 Å². The van der Waals surface area contributed by atoms with Crippen LogP contribution in [0.5, 0.6) is 11.5 Å². The Kier molecular flexibility index (Phi) is 8.41. The number of urea groups is 1. The number of ether oxygens (including phenoxy) is 2. The molecular formula is C26H26N4O7. The lowest BCUT2D eigenvalue weighted by Crippen LogP contribution is -2.21. The van der Waals surface area contributed by atoms with Crippen LogP contribution in [0.25, 0.3) is 0 Å². The van der Waals surface area contributed by atoms with Crippen LogP contribution in [0.1, 0.15) is 35.7 Å². The Hall–Kier alpha value is -4.93. The van der Waals surface area contributed by atoms with Crippen LogP contribution in [0, 0.1) is 10.1 Å². The van der Waals surface area contributed by atoms with Gasteiger partial charge < -0.3 is 25.4 Å². The molecule has 0 aliphatic rings. The van der Waals surface area contributed by atoms with Gasteiger partial charge in [0.25, 0.3) is 5.69 Å². The van der Waals surface area contributed by atoms with Crippen molar-refractivity contribution in [2.75, 3.05) is 30.2 Å². The van der Waals surface area contributed by atoms with Crippen LogP contribution in [0.4, 0.5) is 27.5 Å². The number of nitrogens with one attached hydrogen (secondary N) is 3. The highest BCUT2D eigenvalue weighted by Crippen LogP contribution is 2.34. The molecule has 0 saturated carbocycles. The summed E-state index contributed by atoms with van der Waals surface area (Å²) in [5, 5.41) is 18.8. The number of rotatable bonds is 9. The minimum absolute atomic E-state index is 0.141. The number of nitro benzene ring substituents is 1. The summed E-state index contributed by atoms with van der Waals surface area (Å²) in [6.07, 6.45) is 0. The van der Waals surface area contributed by atoms with Gasteiger partial charge in [-0.05, 0) is 43.7 Å². The van der Waals surface area contributed by atoms with Crippen LogP contribution in [-0.4, -0.2) is 36.9 Å². The van der Waals surface area contributed by atoms with Gasteiger partial charge in [-0.15, -0.1) is 0 Å². The summed E-state index contributed by atoms with van der Waals surface area (Å²) in [7, 11) is 2.91. The number of carbonyl (C=O) groups excluding carboxylic acids is 3. The number of hydrogen-bond acceptors (Lipinski definition) is 7. The Morgan fingerprint density at radius 2 is 1.49 bits per heavy atom. The molecule has 11 nitrogen and oxygen atoms in total. The largest absolute Gasteiger partial charge is 0.493 e. The molecule has 0 aromatic heterocycles. The van der Waals surface area contributed by atoms with Gasteiger partial charge in [-0.1, -0.05) is 18.2 Å². The fraction of sp³-hybridized carbons (Fsp3) is 0.192. The summed E-state index contributed by atoms with van der Waals surface area (Å²) in [5.41, 5.74) is 1.85. The van der Waals surface area contributed by atoms with Crippen LogP contribution in [0.2, 0.25) is 0 Å². The summed E-state index contributed by atoms with van der Waals surface area (Å²) >= 11 is 0. The van der Waals surface area contributed by atoms with Gasteiger partial charge in [0, 0.05) is 35.1 Å². The molecule has 3 N–H and O–H groups in total. The first kappa shape index (κ1) is 26.7. The first-order valence-electron chi connectivity index (χ1n) is 11.1. The molecule has 192 valence electrons. The van der Waals surface area contributed by atoms with Gasteiger partial charge in [-0.25, -0.2) is 4.79 Å². The molecule has 3 rings (SSSR count). The second kappa shape index (κ2) is 11.7. The van der Waals surface area contributed by atoms with E-state index in [1.54, 1.807) is 31.2 Å². The standard InChI is InChI=1S/C26H26N4O7/c1-15(25(32)29-22-14-24(37-4)23(36-3)13-21(22)16(2)31)17-8-10-18(11-9-17)27-26(33)28-19-6-5-7-20(12-19)30(34)35/h5-15H,1-4H3,(H,29,32)(H2,27,28,33). The lowest BCUT2D eigenvalue weighted by Gasteiger charge is -2.17. The predicted octanol–water partition coefficient (Wildman–Crippen LogP) is 5.20. The maximum absolute atomic E-state index is 13.0. The number of amides is 3. The maximum atomic E-state index is 13.0. The molecule has 0 bridgehead atoms. The second-order valence-electron chi connectivity index (χ2n) is 8.03. The van der Waals surface area contributed by atoms with E-state index >= 15 is 0 Å². The highest BCUT2D eigenvalue weighted by Gasteiger charge is 2.20. The topological polar surface area (TPSA) is 149 Å². The molecule has 1 atom stereocenters. The molecular weight excluding hydrogens is 480 g/mol. The Morgan fingerprint density at radius 1 is 0.865 bits per heavy atom. The number of nitro groups is 1. The van der Waals surface area contributed by atoms with Crippen LogP contribution in [0.3, 0.4) is 0 Å². The van der Waals surface area contributed by atoms with Crippen molar-refractivity contribution in [1.82, 2.24) is 0 Å². The van der Waals surface area contributed by atoms with Gasteiger partial charge in [0.15, 0.2) is 17.3 Å². The third-order valence-electron chi connectivity index (χ3n) is 5.54. The molecule has 0 saturated heterocycles. The monoisotopic (exact) mass is 506 g/mol. The third-order valence-corrected chi connectivity index (χ3v) is 5.54. The molecule has 11 heteroatoms. The molecule has 0 fully saturated rings. The minimum atomic E-state index is -0.583. The summed E-state index contributed by atoms with van der Waals surface area (Å²) in [6, 6.07) is 14.7. The van der Waals surface area contributed by atoms with E-state index in [0.29, 0.717) is 28.4 Å². The Morgan fingerprint density at radius 3 is 2.08 bits per heavy atom. The van der Waals surface area contributed by atoms with Crippen molar-refractivity contribution >= 4 is 40.5 Å². The zero-order chi connectivity index (χ0) is 27.1. The lowest BCUT2D eigenvalue weighted by molar-refractivity contribution is -0.384. The van der Waals surface area contributed by atoms with Gasteiger partial charge in [0.05, 0.1) is 30.7 Å². The second-order valence-corrected chi connectivity index (χ2v) is 8.03. The van der Waals surface area contributed by atoms with Crippen molar-refractivity contribution in [3.63, 3.8) is 0 Å². The van der Waals surface area contributed by atoms with E-state index in [2.05, 4.69) is 16.0 Å². The Balaban J connectivity index is 1.68. The van der Waals surface area contributed by atoms with Gasteiger partial charge in [0.2, 0.25) is 5.91 Å². The van der Waals surface area contributed by atoms with Crippen molar-refractivity contribution in [2.45, 2.75) is 19.8 Å². The van der Waals surface area contributed by atoms with E-state index in [9.17, 15) is 24.5 Å². The quantitative estimate of drug-likeness (QED) is 0.205. The molecule has 37 heavy (non-hydrogen) atoms. The van der Waals surface area contributed by atoms with Gasteiger partial charge in [-0.3, -0.25) is 19.7 Å². The lowest BCUT2D eigenvalue weighted by atomic mass is 9.99. The van der Waals surface area contributed by atoms with Gasteiger partial charge in [-0.2, -0.15) is 0 Å². The zero-order valence-electron chi connectivity index (χ0n) is 20.7. The van der Waals surface area contributed by atoms with Crippen molar-refractivity contribution in [1.29, 1.82) is 0 Å². The van der Waals surface area contributed by atoms with Gasteiger partial charge in [0.1, 0.15) is 0 Å². The number of ketones is 1. The first-order valence-corrected chi connectivity index (χ1v) is 11.1. The van der Waals surface area contributed by atoms with Crippen molar-refractivity contribution < 1.29 is 28.8 Å². The smallest absolute Gasteiger partial charge is 0.323 e. The number of benzene rings is 3. The average molecular weight is 507 g/mol. The number of methoxy groups -OCH3 is 2. The molecule has 0 aliphatic carbocycles. The van der Waals surface area contributed by atoms with Crippen molar-refractivity contribution in [2.24, 2.45) is 0 Å². The normalized spacial score (nSPS) is 11.1. The molecule has 0 aliphatic heterocycles. The number of non-ortho nitro benzene ring substituents is 1. The number of nitrogens with zero attached hydrogens (tertiary/aromatic N) is 1. The average Bonchev–Trinajstić information content (AvgIpc) is 2.88. The fourth-order valence-electron chi connectivity index (χ4n) is 3.51. The van der Waals surface area contributed by atoms with E-state index in [1.165, 1.54) is 57.5 Å². The number of anilines is 3. The van der Waals surface area contributed by atoms with E-state index in [4.69, 9.17) is 9.47 Å². The van der Waals surface area contributed by atoms with Crippen molar-refractivity contribution in [3.8, 4) is 11.5 Å². The summed E-state index contributed by atoms with van der Waals surface area (Å²) in [5.74, 6) is -0.437. The minimum Gasteiger partial charge on any atom is -0.493 e. The Labute approximate surface area is 212 Å². The summed E-state index contributed by atoms with van der Waals surface area (Å²) in [6.45, 7) is 3.10. The summed E-state index contributed by atoms with van der Waals surface area (Å²) in [4.78, 5) is 47.7. The number of Topliss-reactive ketones (excluding diaryl/α,β-unsaturated/α-hetero) is 1. The van der Waals surface area contributed by atoms with Gasteiger partial charge >= 0.3 is 6.03 Å². The van der Waals surface area contributed by atoms with E-state index in [-0.39, 0.29) is 28.6 Å². The predicted molar refractivity (Wildman–Crippen MR) is 139 cm³/mol. The molecule has 3 amide bonds. The van der Waals surface area contributed by atoms with E-state index < -0.39 is 16.9 Å². The van der Waals surface area contributed by atoms with E-state index in [0.717, 1.165) is 0 Å². The molecule has 0 heterocycles.